The van der Waals surface area contributed by atoms with Gasteiger partial charge in [-0.1, -0.05) is 30.3 Å². The summed E-state index contributed by atoms with van der Waals surface area (Å²) in [7, 11) is 3.63. The summed E-state index contributed by atoms with van der Waals surface area (Å²) in [4.78, 5) is 24.9. The van der Waals surface area contributed by atoms with Crippen LogP contribution < -0.4 is 10.6 Å². The molecule has 0 aliphatic heterocycles. The molecule has 0 saturated heterocycles. The molecule has 1 aromatic carbocycles. The molecule has 0 atom stereocenters. The van der Waals surface area contributed by atoms with Crippen LogP contribution >= 0.6 is 0 Å². The number of benzene rings is 1. The average molecular weight is 269 g/mol. The number of anilines is 1. The summed E-state index contributed by atoms with van der Waals surface area (Å²) in [6, 6.07) is 10.1. The summed E-state index contributed by atoms with van der Waals surface area (Å²) in [6.07, 6.45) is 1.48. The van der Waals surface area contributed by atoms with Gasteiger partial charge in [-0.25, -0.2) is 14.8 Å². The molecule has 0 unspecified atom stereocenters. The van der Waals surface area contributed by atoms with Gasteiger partial charge in [0.15, 0.2) is 11.5 Å². The Morgan fingerprint density at radius 3 is 2.75 bits per heavy atom. The fourth-order valence-corrected chi connectivity index (χ4v) is 2.24. The molecule has 2 heterocycles. The SMILES string of the molecule is CN(Cc1ccccc1)c1ncnc2c1[nH]c(=O)n2C. The molecule has 0 fully saturated rings. The second kappa shape index (κ2) is 4.80. The second-order valence-electron chi connectivity index (χ2n) is 4.73. The van der Waals surface area contributed by atoms with Crippen LogP contribution in [-0.4, -0.2) is 26.6 Å². The van der Waals surface area contributed by atoms with Crippen LogP contribution in [0.4, 0.5) is 5.82 Å². The Labute approximate surface area is 115 Å². The molecular formula is C14H15N5O. The number of H-pyrrole nitrogens is 1. The zero-order valence-corrected chi connectivity index (χ0v) is 11.4. The summed E-state index contributed by atoms with van der Waals surface area (Å²) in [5, 5.41) is 0. The minimum Gasteiger partial charge on any atom is -0.353 e. The van der Waals surface area contributed by atoms with Crippen molar-refractivity contribution in [2.45, 2.75) is 6.54 Å². The standard InChI is InChI=1S/C14H15N5O/c1-18(8-10-6-4-3-5-7-10)12-11-13(16-9-15-12)19(2)14(20)17-11/h3-7,9H,8H2,1-2H3,(H,17,20). The average Bonchev–Trinajstić information content (AvgIpc) is 2.75. The van der Waals surface area contributed by atoms with Crippen molar-refractivity contribution in [3.63, 3.8) is 0 Å². The molecule has 6 heteroatoms. The van der Waals surface area contributed by atoms with Crippen LogP contribution in [0.1, 0.15) is 5.56 Å². The normalized spacial score (nSPS) is 10.9. The Hall–Kier alpha value is -2.63. The third-order valence-electron chi connectivity index (χ3n) is 3.29. The fourth-order valence-electron chi connectivity index (χ4n) is 2.24. The summed E-state index contributed by atoms with van der Waals surface area (Å²) in [6.45, 7) is 0.712. The van der Waals surface area contributed by atoms with Crippen LogP contribution in [0.25, 0.3) is 11.2 Å². The van der Waals surface area contributed by atoms with Crippen molar-refractivity contribution >= 4 is 17.0 Å². The molecule has 3 aromatic rings. The number of rotatable bonds is 3. The lowest BCUT2D eigenvalue weighted by Crippen LogP contribution is -2.18. The number of aromatic amines is 1. The van der Waals surface area contributed by atoms with Crippen molar-refractivity contribution in [2.24, 2.45) is 7.05 Å². The highest BCUT2D eigenvalue weighted by molar-refractivity contribution is 5.83. The molecule has 0 amide bonds. The summed E-state index contributed by atoms with van der Waals surface area (Å²) < 4.78 is 1.48. The van der Waals surface area contributed by atoms with Crippen LogP contribution in [0.5, 0.6) is 0 Å². The Morgan fingerprint density at radius 2 is 2.00 bits per heavy atom. The Kier molecular flexibility index (Phi) is 2.98. The molecule has 0 aliphatic carbocycles. The summed E-state index contributed by atoms with van der Waals surface area (Å²) in [5.41, 5.74) is 2.27. The van der Waals surface area contributed by atoms with Crippen LogP contribution in [0, 0.1) is 0 Å². The van der Waals surface area contributed by atoms with E-state index in [0.29, 0.717) is 17.7 Å². The van der Waals surface area contributed by atoms with E-state index in [1.165, 1.54) is 16.5 Å². The lowest BCUT2D eigenvalue weighted by molar-refractivity contribution is 0.875. The van der Waals surface area contributed by atoms with Gasteiger partial charge < -0.3 is 9.88 Å². The number of aromatic nitrogens is 4. The van der Waals surface area contributed by atoms with Crippen LogP contribution in [0.3, 0.4) is 0 Å². The van der Waals surface area contributed by atoms with E-state index in [-0.39, 0.29) is 5.69 Å². The molecule has 6 nitrogen and oxygen atoms in total. The Bertz CT molecular complexity index is 790. The quantitative estimate of drug-likeness (QED) is 0.778. The number of hydrogen-bond acceptors (Lipinski definition) is 4. The highest BCUT2D eigenvalue weighted by atomic mass is 16.1. The minimum atomic E-state index is -0.185. The first-order valence-electron chi connectivity index (χ1n) is 6.31. The number of nitrogens with zero attached hydrogens (tertiary/aromatic N) is 4. The lowest BCUT2D eigenvalue weighted by Gasteiger charge is -2.18. The van der Waals surface area contributed by atoms with E-state index in [4.69, 9.17) is 0 Å². The van der Waals surface area contributed by atoms with Gasteiger partial charge in [0.05, 0.1) is 0 Å². The first kappa shape index (κ1) is 12.4. The minimum absolute atomic E-state index is 0.185. The predicted octanol–water partition coefficient (Wildman–Crippen LogP) is 1.29. The fraction of sp³-hybridized carbons (Fsp3) is 0.214. The molecule has 1 N–H and O–H groups in total. The Morgan fingerprint density at radius 1 is 1.25 bits per heavy atom. The zero-order chi connectivity index (χ0) is 14.1. The van der Waals surface area contributed by atoms with E-state index in [2.05, 4.69) is 27.1 Å². The van der Waals surface area contributed by atoms with E-state index < -0.39 is 0 Å². The largest absolute Gasteiger partial charge is 0.353 e. The van der Waals surface area contributed by atoms with Crippen molar-refractivity contribution in [1.29, 1.82) is 0 Å². The number of hydrogen-bond donors (Lipinski definition) is 1. The van der Waals surface area contributed by atoms with Crippen molar-refractivity contribution in [3.05, 3.63) is 52.7 Å². The predicted molar refractivity (Wildman–Crippen MR) is 77.7 cm³/mol. The molecule has 2 aromatic heterocycles. The van der Waals surface area contributed by atoms with Crippen molar-refractivity contribution in [3.8, 4) is 0 Å². The van der Waals surface area contributed by atoms with Gasteiger partial charge in [-0.15, -0.1) is 0 Å². The van der Waals surface area contributed by atoms with Crippen LogP contribution in [0.2, 0.25) is 0 Å². The van der Waals surface area contributed by atoms with E-state index in [9.17, 15) is 4.79 Å². The van der Waals surface area contributed by atoms with Gasteiger partial charge in [0.25, 0.3) is 0 Å². The maximum atomic E-state index is 11.7. The first-order valence-corrected chi connectivity index (χ1v) is 6.31. The maximum Gasteiger partial charge on any atom is 0.327 e. The van der Waals surface area contributed by atoms with Gasteiger partial charge >= 0.3 is 5.69 Å². The maximum absolute atomic E-state index is 11.7. The lowest BCUT2D eigenvalue weighted by atomic mass is 10.2. The van der Waals surface area contributed by atoms with Crippen LogP contribution in [0.15, 0.2) is 41.5 Å². The third-order valence-corrected chi connectivity index (χ3v) is 3.29. The molecule has 0 saturated carbocycles. The van der Waals surface area contributed by atoms with Crippen LogP contribution in [-0.2, 0) is 13.6 Å². The van der Waals surface area contributed by atoms with E-state index >= 15 is 0 Å². The van der Waals surface area contributed by atoms with Gasteiger partial charge in [-0.05, 0) is 5.56 Å². The third kappa shape index (κ3) is 2.05. The van der Waals surface area contributed by atoms with Gasteiger partial charge in [-0.2, -0.15) is 0 Å². The van der Waals surface area contributed by atoms with Crippen molar-refractivity contribution in [1.82, 2.24) is 19.5 Å². The summed E-state index contributed by atoms with van der Waals surface area (Å²) in [5.74, 6) is 0.719. The molecule has 0 radical (unpaired) electrons. The number of imidazole rings is 1. The first-order chi connectivity index (χ1) is 9.66. The highest BCUT2D eigenvalue weighted by Gasteiger charge is 2.13. The van der Waals surface area contributed by atoms with Gasteiger partial charge in [-0.3, -0.25) is 4.57 Å². The topological polar surface area (TPSA) is 66.8 Å². The molecular weight excluding hydrogens is 254 g/mol. The second-order valence-corrected chi connectivity index (χ2v) is 4.73. The smallest absolute Gasteiger partial charge is 0.327 e. The number of fused-ring (bicyclic) bond motifs is 1. The molecule has 102 valence electrons. The molecule has 0 spiro atoms. The molecule has 20 heavy (non-hydrogen) atoms. The van der Waals surface area contributed by atoms with E-state index in [1.54, 1.807) is 7.05 Å². The highest BCUT2D eigenvalue weighted by Crippen LogP contribution is 2.19. The monoisotopic (exact) mass is 269 g/mol. The molecule has 0 aliphatic rings. The molecule has 0 bridgehead atoms. The number of nitrogens with one attached hydrogen (secondary N) is 1. The van der Waals surface area contributed by atoms with Gasteiger partial charge in [0.1, 0.15) is 11.8 Å². The Balaban J connectivity index is 2.02. The molecule has 3 rings (SSSR count). The van der Waals surface area contributed by atoms with Crippen molar-refractivity contribution in [2.75, 3.05) is 11.9 Å². The zero-order valence-electron chi connectivity index (χ0n) is 11.4. The van der Waals surface area contributed by atoms with Gasteiger partial charge in [0.2, 0.25) is 0 Å². The summed E-state index contributed by atoms with van der Waals surface area (Å²) >= 11 is 0. The van der Waals surface area contributed by atoms with Crippen molar-refractivity contribution < 1.29 is 0 Å². The number of aryl methyl sites for hydroxylation is 1. The van der Waals surface area contributed by atoms with E-state index in [1.807, 2.05) is 30.1 Å². The van der Waals surface area contributed by atoms with E-state index in [0.717, 1.165) is 5.82 Å². The van der Waals surface area contributed by atoms with Gasteiger partial charge in [0, 0.05) is 20.6 Å².